The van der Waals surface area contributed by atoms with E-state index in [4.69, 9.17) is 4.74 Å². The Hall–Kier alpha value is -1.60. The minimum absolute atomic E-state index is 0.0541. The zero-order valence-electron chi connectivity index (χ0n) is 14.4. The summed E-state index contributed by atoms with van der Waals surface area (Å²) in [6.45, 7) is 4.68. The van der Waals surface area contributed by atoms with Crippen molar-refractivity contribution < 1.29 is 17.9 Å². The van der Waals surface area contributed by atoms with E-state index in [-0.39, 0.29) is 17.2 Å². The van der Waals surface area contributed by atoms with Crippen LogP contribution >= 0.6 is 0 Å². The zero-order valence-corrected chi connectivity index (χ0v) is 15.2. The third-order valence-corrected chi connectivity index (χ3v) is 5.17. The molecule has 0 saturated heterocycles. The molecule has 1 aromatic carbocycles. The number of sulfonamides is 1. The second-order valence-corrected chi connectivity index (χ2v) is 8.11. The summed E-state index contributed by atoms with van der Waals surface area (Å²) in [6, 6.07) is 4.71. The Morgan fingerprint density at radius 2 is 1.96 bits per heavy atom. The summed E-state index contributed by atoms with van der Waals surface area (Å²) in [5.41, 5.74) is 0.704. The molecule has 0 aromatic heterocycles. The zero-order chi connectivity index (χ0) is 17.6. The van der Waals surface area contributed by atoms with Gasteiger partial charge in [-0.15, -0.1) is 0 Å². The lowest BCUT2D eigenvalue weighted by molar-refractivity contribution is -0.121. The van der Waals surface area contributed by atoms with Crippen molar-refractivity contribution in [1.82, 2.24) is 9.62 Å². The fourth-order valence-electron chi connectivity index (χ4n) is 1.98. The van der Waals surface area contributed by atoms with Gasteiger partial charge in [-0.3, -0.25) is 4.79 Å². The van der Waals surface area contributed by atoms with Crippen molar-refractivity contribution in [1.29, 1.82) is 0 Å². The molecule has 0 unspecified atom stereocenters. The maximum Gasteiger partial charge on any atom is 0.242 e. The van der Waals surface area contributed by atoms with Crippen molar-refractivity contribution in [2.45, 2.75) is 31.6 Å². The van der Waals surface area contributed by atoms with E-state index >= 15 is 0 Å². The summed E-state index contributed by atoms with van der Waals surface area (Å²) in [5, 5.41) is 2.85. The molecule has 0 fully saturated rings. The third kappa shape index (κ3) is 5.51. The summed E-state index contributed by atoms with van der Waals surface area (Å²) >= 11 is 0. The maximum absolute atomic E-state index is 12.2. The molecule has 0 radical (unpaired) electrons. The van der Waals surface area contributed by atoms with Crippen molar-refractivity contribution in [2.24, 2.45) is 5.92 Å². The van der Waals surface area contributed by atoms with Crippen LogP contribution in [-0.2, 0) is 21.2 Å². The molecule has 23 heavy (non-hydrogen) atoms. The molecule has 1 rings (SSSR count). The predicted octanol–water partition coefficient (Wildman–Crippen LogP) is 1.65. The maximum atomic E-state index is 12.2. The Labute approximate surface area is 138 Å². The summed E-state index contributed by atoms with van der Waals surface area (Å²) in [6.07, 6.45) is 0.707. The van der Waals surface area contributed by atoms with Gasteiger partial charge < -0.3 is 10.1 Å². The number of hydrogen-bond donors (Lipinski definition) is 1. The Balaban J connectivity index is 2.90. The number of carbonyl (C=O) groups is 1. The van der Waals surface area contributed by atoms with Crippen molar-refractivity contribution in [2.75, 3.05) is 27.7 Å². The molecule has 0 atom stereocenters. The van der Waals surface area contributed by atoms with Gasteiger partial charge in [0.1, 0.15) is 5.75 Å². The average molecular weight is 342 g/mol. The number of aryl methyl sites for hydroxylation is 1. The Bertz CT molecular complexity index is 639. The van der Waals surface area contributed by atoms with Crippen LogP contribution in [0.2, 0.25) is 0 Å². The van der Waals surface area contributed by atoms with Crippen LogP contribution in [0.4, 0.5) is 0 Å². The largest absolute Gasteiger partial charge is 0.496 e. The second kappa shape index (κ2) is 8.31. The third-order valence-electron chi connectivity index (χ3n) is 3.36. The molecule has 130 valence electrons. The number of nitrogens with zero attached hydrogens (tertiary/aromatic N) is 1. The number of hydrogen-bond acceptors (Lipinski definition) is 4. The highest BCUT2D eigenvalue weighted by Gasteiger charge is 2.19. The van der Waals surface area contributed by atoms with Crippen LogP contribution in [0.3, 0.4) is 0 Å². The van der Waals surface area contributed by atoms with Gasteiger partial charge in [0.25, 0.3) is 0 Å². The van der Waals surface area contributed by atoms with E-state index in [0.29, 0.717) is 30.2 Å². The molecule has 6 nitrogen and oxygen atoms in total. The van der Waals surface area contributed by atoms with Crippen LogP contribution < -0.4 is 10.1 Å². The molecule has 0 heterocycles. The van der Waals surface area contributed by atoms with Crippen molar-refractivity contribution >= 4 is 15.9 Å². The molecule has 0 saturated carbocycles. The van der Waals surface area contributed by atoms with E-state index in [0.717, 1.165) is 4.31 Å². The molecular formula is C16H26N2O4S. The van der Waals surface area contributed by atoms with E-state index < -0.39 is 10.0 Å². The molecule has 0 bridgehead atoms. The standard InChI is InChI=1S/C16H26N2O4S/c1-12(2)11-17-16(19)9-6-13-10-14(7-8-15(13)22-5)23(20,21)18(3)4/h7-8,10,12H,6,9,11H2,1-5H3,(H,17,19). The highest BCUT2D eigenvalue weighted by molar-refractivity contribution is 7.89. The number of amides is 1. The minimum Gasteiger partial charge on any atom is -0.496 e. The summed E-state index contributed by atoms with van der Waals surface area (Å²) in [5.74, 6) is 0.919. The smallest absolute Gasteiger partial charge is 0.242 e. The highest BCUT2D eigenvalue weighted by Crippen LogP contribution is 2.25. The molecule has 0 aliphatic rings. The summed E-state index contributed by atoms with van der Waals surface area (Å²) < 4.78 is 30.8. The molecule has 7 heteroatoms. The highest BCUT2D eigenvalue weighted by atomic mass is 32.2. The van der Waals surface area contributed by atoms with Crippen LogP contribution in [0.1, 0.15) is 25.8 Å². The van der Waals surface area contributed by atoms with Crippen LogP contribution in [0.15, 0.2) is 23.1 Å². The van der Waals surface area contributed by atoms with Gasteiger partial charge in [-0.05, 0) is 36.1 Å². The fourth-order valence-corrected chi connectivity index (χ4v) is 2.93. The fraction of sp³-hybridized carbons (Fsp3) is 0.562. The van der Waals surface area contributed by atoms with Gasteiger partial charge in [0.05, 0.1) is 12.0 Å². The van der Waals surface area contributed by atoms with E-state index in [2.05, 4.69) is 5.32 Å². The van der Waals surface area contributed by atoms with Gasteiger partial charge in [-0.1, -0.05) is 13.8 Å². The quantitative estimate of drug-likeness (QED) is 0.779. The number of nitrogens with one attached hydrogen (secondary N) is 1. The first-order valence-electron chi connectivity index (χ1n) is 7.54. The average Bonchev–Trinajstić information content (AvgIpc) is 2.50. The lowest BCUT2D eigenvalue weighted by Crippen LogP contribution is -2.27. The van der Waals surface area contributed by atoms with E-state index in [9.17, 15) is 13.2 Å². The Morgan fingerprint density at radius 1 is 1.30 bits per heavy atom. The van der Waals surface area contributed by atoms with Crippen molar-refractivity contribution in [3.05, 3.63) is 23.8 Å². The predicted molar refractivity (Wildman–Crippen MR) is 90.0 cm³/mol. The molecule has 1 aromatic rings. The summed E-state index contributed by atoms with van der Waals surface area (Å²) in [4.78, 5) is 12.0. The Kier molecular flexibility index (Phi) is 7.02. The van der Waals surface area contributed by atoms with Gasteiger partial charge in [0, 0.05) is 27.1 Å². The number of carbonyl (C=O) groups excluding carboxylic acids is 1. The lowest BCUT2D eigenvalue weighted by Gasteiger charge is -2.14. The monoisotopic (exact) mass is 342 g/mol. The molecule has 0 aliphatic heterocycles. The Morgan fingerprint density at radius 3 is 2.48 bits per heavy atom. The lowest BCUT2D eigenvalue weighted by atomic mass is 10.1. The molecule has 1 amide bonds. The second-order valence-electron chi connectivity index (χ2n) is 5.96. The number of methoxy groups -OCH3 is 1. The first-order valence-corrected chi connectivity index (χ1v) is 8.98. The molecule has 1 N–H and O–H groups in total. The molecule has 0 aliphatic carbocycles. The van der Waals surface area contributed by atoms with Crippen LogP contribution in [0.5, 0.6) is 5.75 Å². The van der Waals surface area contributed by atoms with Gasteiger partial charge in [-0.2, -0.15) is 0 Å². The normalized spacial score (nSPS) is 11.8. The summed E-state index contributed by atoms with van der Waals surface area (Å²) in [7, 11) is 0.988. The first-order chi connectivity index (χ1) is 10.7. The van der Waals surface area contributed by atoms with Gasteiger partial charge >= 0.3 is 0 Å². The van der Waals surface area contributed by atoms with Crippen molar-refractivity contribution in [3.8, 4) is 5.75 Å². The topological polar surface area (TPSA) is 75.7 Å². The van der Waals surface area contributed by atoms with Gasteiger partial charge in [-0.25, -0.2) is 12.7 Å². The van der Waals surface area contributed by atoms with E-state index in [1.165, 1.54) is 27.3 Å². The van der Waals surface area contributed by atoms with Crippen molar-refractivity contribution in [3.63, 3.8) is 0 Å². The van der Waals surface area contributed by atoms with Crippen LogP contribution in [0.25, 0.3) is 0 Å². The van der Waals surface area contributed by atoms with Crippen LogP contribution in [-0.4, -0.2) is 46.4 Å². The first kappa shape index (κ1) is 19.4. The van der Waals surface area contributed by atoms with E-state index in [1.807, 2.05) is 13.8 Å². The van der Waals surface area contributed by atoms with Gasteiger partial charge in [0.15, 0.2) is 0 Å². The number of benzene rings is 1. The number of rotatable bonds is 8. The molecular weight excluding hydrogens is 316 g/mol. The molecule has 0 spiro atoms. The number of ether oxygens (including phenoxy) is 1. The van der Waals surface area contributed by atoms with E-state index in [1.54, 1.807) is 12.1 Å². The SMILES string of the molecule is COc1ccc(S(=O)(=O)N(C)C)cc1CCC(=O)NCC(C)C. The minimum atomic E-state index is -3.51. The van der Waals surface area contributed by atoms with Crippen LogP contribution in [0, 0.1) is 5.92 Å². The van der Waals surface area contributed by atoms with Gasteiger partial charge in [0.2, 0.25) is 15.9 Å².